The van der Waals surface area contributed by atoms with Crippen molar-refractivity contribution < 1.29 is 18.3 Å². The Labute approximate surface area is 109 Å². The van der Waals surface area contributed by atoms with Crippen LogP contribution >= 0.6 is 0 Å². The Bertz CT molecular complexity index is 431. The Morgan fingerprint density at radius 1 is 1.32 bits per heavy atom. The summed E-state index contributed by atoms with van der Waals surface area (Å²) in [4.78, 5) is 3.58. The molecule has 7 heteroatoms. The number of alkyl halides is 3. The van der Waals surface area contributed by atoms with E-state index in [4.69, 9.17) is 5.11 Å². The number of aliphatic hydroxyl groups excluding tert-OH is 1. The van der Waals surface area contributed by atoms with Crippen molar-refractivity contribution in [3.05, 3.63) is 23.4 Å². The molecule has 3 N–H and O–H groups in total. The fourth-order valence-corrected chi connectivity index (χ4v) is 2.07. The van der Waals surface area contributed by atoms with Crippen LogP contribution in [0.1, 0.15) is 24.1 Å². The molecule has 1 aromatic rings. The summed E-state index contributed by atoms with van der Waals surface area (Å²) < 4.78 is 38.0. The minimum Gasteiger partial charge on any atom is -0.392 e. The van der Waals surface area contributed by atoms with Crippen LogP contribution in [0.2, 0.25) is 0 Å². The van der Waals surface area contributed by atoms with Crippen molar-refractivity contribution >= 4 is 5.82 Å². The largest absolute Gasteiger partial charge is 0.433 e. The molecule has 0 aromatic carbocycles. The molecule has 0 radical (unpaired) electrons. The van der Waals surface area contributed by atoms with Crippen LogP contribution in [0, 0.1) is 0 Å². The van der Waals surface area contributed by atoms with E-state index in [9.17, 15) is 13.2 Å². The van der Waals surface area contributed by atoms with E-state index in [1.54, 1.807) is 0 Å². The lowest BCUT2D eigenvalue weighted by Gasteiger charge is -2.24. The second-order valence-electron chi connectivity index (χ2n) is 4.57. The molecule has 0 saturated carbocycles. The van der Waals surface area contributed by atoms with Gasteiger partial charge in [0, 0.05) is 6.04 Å². The maximum Gasteiger partial charge on any atom is 0.433 e. The molecule has 1 aliphatic heterocycles. The van der Waals surface area contributed by atoms with Crippen molar-refractivity contribution in [1.29, 1.82) is 0 Å². The molecule has 1 aliphatic rings. The van der Waals surface area contributed by atoms with Crippen LogP contribution in [0.15, 0.2) is 12.1 Å². The lowest BCUT2D eigenvalue weighted by Crippen LogP contribution is -2.35. The molecule has 4 nitrogen and oxygen atoms in total. The Balaban J connectivity index is 2.19. The van der Waals surface area contributed by atoms with Gasteiger partial charge in [0.15, 0.2) is 0 Å². The van der Waals surface area contributed by atoms with Gasteiger partial charge >= 0.3 is 6.18 Å². The molecule has 0 unspecified atom stereocenters. The van der Waals surface area contributed by atoms with Crippen LogP contribution in [0.4, 0.5) is 19.0 Å². The average Bonchev–Trinajstić information content (AvgIpc) is 2.38. The number of aliphatic hydroxyl groups is 1. The summed E-state index contributed by atoms with van der Waals surface area (Å²) in [6.07, 6.45) is -2.82. The first-order valence-electron chi connectivity index (χ1n) is 6.15. The van der Waals surface area contributed by atoms with Crippen LogP contribution in [-0.2, 0) is 12.8 Å². The molecule has 1 fully saturated rings. The lowest BCUT2D eigenvalue weighted by atomic mass is 10.1. The predicted molar refractivity (Wildman–Crippen MR) is 64.7 cm³/mol. The van der Waals surface area contributed by atoms with E-state index in [1.165, 1.54) is 6.07 Å². The van der Waals surface area contributed by atoms with Crippen LogP contribution < -0.4 is 10.6 Å². The topological polar surface area (TPSA) is 57.2 Å². The van der Waals surface area contributed by atoms with E-state index < -0.39 is 18.5 Å². The zero-order valence-electron chi connectivity index (χ0n) is 10.3. The first kappa shape index (κ1) is 14.1. The summed E-state index contributed by atoms with van der Waals surface area (Å²) in [5.41, 5.74) is -0.769. The third kappa shape index (κ3) is 3.81. The van der Waals surface area contributed by atoms with E-state index in [0.29, 0.717) is 0 Å². The Morgan fingerprint density at radius 2 is 2.00 bits per heavy atom. The van der Waals surface area contributed by atoms with E-state index in [1.807, 2.05) is 0 Å². The highest BCUT2D eigenvalue weighted by atomic mass is 19.4. The van der Waals surface area contributed by atoms with Crippen molar-refractivity contribution in [2.75, 3.05) is 18.4 Å². The van der Waals surface area contributed by atoms with E-state index in [-0.39, 0.29) is 17.4 Å². The number of rotatable bonds is 3. The Morgan fingerprint density at radius 3 is 2.58 bits per heavy atom. The number of hydrogen-bond acceptors (Lipinski definition) is 4. The van der Waals surface area contributed by atoms with Crippen LogP contribution in [0.3, 0.4) is 0 Å². The van der Waals surface area contributed by atoms with Crippen LogP contribution in [0.25, 0.3) is 0 Å². The van der Waals surface area contributed by atoms with E-state index >= 15 is 0 Å². The number of piperidine rings is 1. The Hall–Kier alpha value is -1.34. The second kappa shape index (κ2) is 5.75. The summed E-state index contributed by atoms with van der Waals surface area (Å²) in [6.45, 7) is 1.24. The predicted octanol–water partition coefficient (Wildman–Crippen LogP) is 1.76. The quantitative estimate of drug-likeness (QED) is 0.786. The molecular weight excluding hydrogens is 259 g/mol. The minimum absolute atomic E-state index is 0.115. The molecular formula is C12H16F3N3O. The van der Waals surface area contributed by atoms with Crippen LogP contribution in [-0.4, -0.2) is 29.2 Å². The number of nitrogens with zero attached hydrogens (tertiary/aromatic N) is 1. The molecule has 0 amide bonds. The molecule has 0 bridgehead atoms. The zero-order chi connectivity index (χ0) is 13.9. The molecule has 0 aliphatic carbocycles. The normalized spacial score (nSPS) is 17.5. The fourth-order valence-electron chi connectivity index (χ4n) is 2.07. The number of aromatic nitrogens is 1. The van der Waals surface area contributed by atoms with Crippen LogP contribution in [0.5, 0.6) is 0 Å². The lowest BCUT2D eigenvalue weighted by molar-refractivity contribution is -0.141. The number of halogens is 3. The fraction of sp³-hybridized carbons (Fsp3) is 0.583. The van der Waals surface area contributed by atoms with Gasteiger partial charge in [-0.2, -0.15) is 13.2 Å². The summed E-state index contributed by atoms with van der Waals surface area (Å²) in [6, 6.07) is 2.44. The third-order valence-corrected chi connectivity index (χ3v) is 3.05. The van der Waals surface area contributed by atoms with Gasteiger partial charge in [-0.05, 0) is 43.6 Å². The molecule has 19 heavy (non-hydrogen) atoms. The van der Waals surface area contributed by atoms with Gasteiger partial charge in [-0.15, -0.1) is 0 Å². The maximum atomic E-state index is 12.7. The van der Waals surface area contributed by atoms with Gasteiger partial charge in [0.1, 0.15) is 11.5 Å². The second-order valence-corrected chi connectivity index (χ2v) is 4.57. The van der Waals surface area contributed by atoms with E-state index in [0.717, 1.165) is 32.0 Å². The third-order valence-electron chi connectivity index (χ3n) is 3.05. The van der Waals surface area contributed by atoms with Gasteiger partial charge in [-0.3, -0.25) is 0 Å². The first-order chi connectivity index (χ1) is 8.99. The van der Waals surface area contributed by atoms with Gasteiger partial charge < -0.3 is 15.7 Å². The molecule has 2 heterocycles. The van der Waals surface area contributed by atoms with Crippen molar-refractivity contribution in [3.63, 3.8) is 0 Å². The summed E-state index contributed by atoms with van der Waals surface area (Å²) in [5.74, 6) is 0.172. The summed E-state index contributed by atoms with van der Waals surface area (Å²) in [7, 11) is 0. The number of anilines is 1. The van der Waals surface area contributed by atoms with Crippen molar-refractivity contribution in [3.8, 4) is 0 Å². The van der Waals surface area contributed by atoms with Crippen molar-refractivity contribution in [2.45, 2.75) is 31.7 Å². The molecule has 106 valence electrons. The van der Waals surface area contributed by atoms with Crippen molar-refractivity contribution in [1.82, 2.24) is 10.3 Å². The summed E-state index contributed by atoms with van der Waals surface area (Å²) >= 11 is 0. The number of nitrogens with one attached hydrogen (secondary N) is 2. The van der Waals surface area contributed by atoms with Crippen molar-refractivity contribution in [2.24, 2.45) is 0 Å². The monoisotopic (exact) mass is 275 g/mol. The molecule has 1 aromatic heterocycles. The highest BCUT2D eigenvalue weighted by Gasteiger charge is 2.33. The Kier molecular flexibility index (Phi) is 4.26. The molecule has 1 saturated heterocycles. The number of pyridine rings is 1. The maximum absolute atomic E-state index is 12.7. The van der Waals surface area contributed by atoms with Gasteiger partial charge in [0.2, 0.25) is 0 Å². The molecule has 0 atom stereocenters. The first-order valence-corrected chi connectivity index (χ1v) is 6.15. The highest BCUT2D eigenvalue weighted by molar-refractivity contribution is 5.41. The SMILES string of the molecule is OCc1cc(NC2CCNCC2)nc(C(F)(F)F)c1. The summed E-state index contributed by atoms with van der Waals surface area (Å²) in [5, 5.41) is 15.2. The van der Waals surface area contributed by atoms with Gasteiger partial charge in [0.25, 0.3) is 0 Å². The highest BCUT2D eigenvalue weighted by Crippen LogP contribution is 2.29. The zero-order valence-corrected chi connectivity index (χ0v) is 10.3. The minimum atomic E-state index is -4.50. The van der Waals surface area contributed by atoms with Gasteiger partial charge in [0.05, 0.1) is 6.61 Å². The smallest absolute Gasteiger partial charge is 0.392 e. The van der Waals surface area contributed by atoms with E-state index in [2.05, 4.69) is 15.6 Å². The van der Waals surface area contributed by atoms with Gasteiger partial charge in [-0.1, -0.05) is 0 Å². The average molecular weight is 275 g/mol. The molecule has 2 rings (SSSR count). The standard InChI is InChI=1S/C12H16F3N3O/c13-12(14,15)10-5-8(7-19)6-11(18-10)17-9-1-3-16-4-2-9/h5-6,9,16,19H,1-4,7H2,(H,17,18). The number of hydrogen-bond donors (Lipinski definition) is 3. The molecule has 0 spiro atoms. The van der Waals surface area contributed by atoms with Gasteiger partial charge in [-0.25, -0.2) is 4.98 Å².